The molecule has 0 aliphatic rings. The summed E-state index contributed by atoms with van der Waals surface area (Å²) in [6.07, 6.45) is 3.77. The molecule has 208 valence electrons. The van der Waals surface area contributed by atoms with Crippen LogP contribution in [0.15, 0.2) is 165 Å². The maximum Gasteiger partial charge on any atom is 0.0467 e. The first-order chi connectivity index (χ1) is 21.1. The van der Waals surface area contributed by atoms with E-state index >= 15 is 0 Å². The Morgan fingerprint density at radius 1 is 0.395 bits per heavy atom. The van der Waals surface area contributed by atoms with Crippen LogP contribution in [0.3, 0.4) is 0 Å². The van der Waals surface area contributed by atoms with Gasteiger partial charge in [-0.15, -0.1) is 0 Å². The second kappa shape index (κ2) is 12.5. The molecule has 0 aromatic heterocycles. The summed E-state index contributed by atoms with van der Waals surface area (Å²) in [7, 11) is 0. The van der Waals surface area contributed by atoms with E-state index in [9.17, 15) is 0 Å². The second-order valence-electron chi connectivity index (χ2n) is 10.5. The molecule has 0 N–H and O–H groups in total. The first-order valence-electron chi connectivity index (χ1n) is 14.5. The zero-order chi connectivity index (χ0) is 29.6. The van der Waals surface area contributed by atoms with E-state index < -0.39 is 0 Å². The highest BCUT2D eigenvalue weighted by atomic mass is 15.1. The number of benzene rings is 6. The van der Waals surface area contributed by atoms with Crippen molar-refractivity contribution < 1.29 is 0 Å². The van der Waals surface area contributed by atoms with E-state index in [1.807, 2.05) is 18.2 Å². The Labute approximate surface area is 255 Å². The average Bonchev–Trinajstić information content (AvgIpc) is 3.06. The Morgan fingerprint density at radius 2 is 0.791 bits per heavy atom. The van der Waals surface area contributed by atoms with Crippen LogP contribution in [0.4, 0.5) is 34.1 Å². The number of anilines is 6. The van der Waals surface area contributed by atoms with Gasteiger partial charge >= 0.3 is 0 Å². The lowest BCUT2D eigenvalue weighted by atomic mass is 10.0. The van der Waals surface area contributed by atoms with Crippen molar-refractivity contribution in [3.8, 4) is 11.1 Å². The van der Waals surface area contributed by atoms with Crippen molar-refractivity contribution in [2.45, 2.75) is 6.92 Å². The summed E-state index contributed by atoms with van der Waals surface area (Å²) in [6.45, 7) is 10.1. The lowest BCUT2D eigenvalue weighted by molar-refractivity contribution is 1.27. The van der Waals surface area contributed by atoms with Crippen LogP contribution in [-0.4, -0.2) is 0 Å². The Kier molecular flexibility index (Phi) is 8.02. The van der Waals surface area contributed by atoms with E-state index in [-0.39, 0.29) is 0 Å². The highest BCUT2D eigenvalue weighted by Gasteiger charge is 2.15. The van der Waals surface area contributed by atoms with E-state index in [0.29, 0.717) is 0 Å². The minimum Gasteiger partial charge on any atom is -0.310 e. The molecule has 0 saturated heterocycles. The van der Waals surface area contributed by atoms with Gasteiger partial charge in [-0.2, -0.15) is 0 Å². The topological polar surface area (TPSA) is 6.48 Å². The Bertz CT molecular complexity index is 1850. The predicted molar refractivity (Wildman–Crippen MR) is 186 cm³/mol. The van der Waals surface area contributed by atoms with E-state index in [2.05, 4.69) is 175 Å². The number of hydrogen-bond donors (Lipinski definition) is 0. The van der Waals surface area contributed by atoms with Gasteiger partial charge in [-0.05, 0) is 108 Å². The van der Waals surface area contributed by atoms with Crippen LogP contribution in [0.2, 0.25) is 0 Å². The van der Waals surface area contributed by atoms with Gasteiger partial charge in [0.2, 0.25) is 0 Å². The third kappa shape index (κ3) is 6.05. The number of hydrogen-bond acceptors (Lipinski definition) is 2. The summed E-state index contributed by atoms with van der Waals surface area (Å²) < 4.78 is 0. The summed E-state index contributed by atoms with van der Waals surface area (Å²) >= 11 is 0. The molecule has 0 aliphatic heterocycles. The highest BCUT2D eigenvalue weighted by molar-refractivity contribution is 5.81. The third-order valence-corrected chi connectivity index (χ3v) is 7.59. The molecule has 0 spiro atoms. The highest BCUT2D eigenvalue weighted by Crippen LogP contribution is 2.38. The Balaban J connectivity index is 1.33. The van der Waals surface area contributed by atoms with Gasteiger partial charge in [0.05, 0.1) is 0 Å². The van der Waals surface area contributed by atoms with E-state index in [4.69, 9.17) is 0 Å². The molecule has 0 radical (unpaired) electrons. The van der Waals surface area contributed by atoms with Crippen LogP contribution in [0.5, 0.6) is 0 Å². The molecule has 0 aliphatic carbocycles. The normalized spacial score (nSPS) is 10.6. The van der Waals surface area contributed by atoms with Gasteiger partial charge in [0.25, 0.3) is 0 Å². The molecule has 2 heteroatoms. The molecule has 6 aromatic carbocycles. The summed E-state index contributed by atoms with van der Waals surface area (Å²) in [4.78, 5) is 4.57. The van der Waals surface area contributed by atoms with Gasteiger partial charge in [-0.25, -0.2) is 0 Å². The smallest absolute Gasteiger partial charge is 0.0467 e. The zero-order valence-corrected chi connectivity index (χ0v) is 24.4. The van der Waals surface area contributed by atoms with Crippen LogP contribution < -0.4 is 9.80 Å². The molecule has 0 bridgehead atoms. The third-order valence-electron chi connectivity index (χ3n) is 7.59. The molecule has 0 saturated carbocycles. The van der Waals surface area contributed by atoms with Crippen LogP contribution in [0.1, 0.15) is 16.7 Å². The Morgan fingerprint density at radius 3 is 1.26 bits per heavy atom. The standard InChI is InChI=1S/C41H34N2/c1-4-32-13-10-18-40(29-32)42(36-15-7-6-8-16-36)37-24-20-34(21-25-37)35-22-26-38(27-23-35)43(39-17-9-12-31(3)28-39)41-19-11-14-33(5-2)30-41/h4-30H,1-2H2,3H3. The van der Waals surface area contributed by atoms with Crippen LogP contribution in [-0.2, 0) is 0 Å². The van der Waals surface area contributed by atoms with Gasteiger partial charge in [-0.1, -0.05) is 104 Å². The van der Waals surface area contributed by atoms with Crippen LogP contribution >= 0.6 is 0 Å². The molecular formula is C41H34N2. The second-order valence-corrected chi connectivity index (χ2v) is 10.5. The molecule has 0 atom stereocenters. The molecule has 0 unspecified atom stereocenters. The first-order valence-corrected chi connectivity index (χ1v) is 14.5. The summed E-state index contributed by atoms with van der Waals surface area (Å²) in [6, 6.07) is 53.6. The molecule has 6 aromatic rings. The van der Waals surface area contributed by atoms with Gasteiger partial charge in [0.1, 0.15) is 0 Å². The van der Waals surface area contributed by atoms with Gasteiger partial charge < -0.3 is 9.80 Å². The SMILES string of the molecule is C=Cc1cccc(N(c2ccccc2)c2ccc(-c3ccc(N(c4cccc(C)c4)c4cccc(C=C)c4)cc3)cc2)c1. The predicted octanol–water partition coefficient (Wildman–Crippen LogP) is 11.9. The molecule has 2 nitrogen and oxygen atoms in total. The minimum absolute atomic E-state index is 1.09. The first kappa shape index (κ1) is 27.6. The number of para-hydroxylation sites is 1. The van der Waals surface area contributed by atoms with Crippen molar-refractivity contribution >= 4 is 46.3 Å². The van der Waals surface area contributed by atoms with Crippen LogP contribution in [0, 0.1) is 6.92 Å². The number of nitrogens with zero attached hydrogens (tertiary/aromatic N) is 2. The van der Waals surface area contributed by atoms with Crippen molar-refractivity contribution in [3.63, 3.8) is 0 Å². The molecule has 0 heterocycles. The van der Waals surface area contributed by atoms with Crippen molar-refractivity contribution in [2.75, 3.05) is 9.80 Å². The summed E-state index contributed by atoms with van der Waals surface area (Å²) in [5.74, 6) is 0. The van der Waals surface area contributed by atoms with Gasteiger partial charge in [-0.3, -0.25) is 0 Å². The summed E-state index contributed by atoms with van der Waals surface area (Å²) in [5, 5.41) is 0. The van der Waals surface area contributed by atoms with Crippen LogP contribution in [0.25, 0.3) is 23.3 Å². The summed E-state index contributed by atoms with van der Waals surface area (Å²) in [5.41, 5.74) is 12.4. The maximum atomic E-state index is 3.97. The van der Waals surface area contributed by atoms with Gasteiger partial charge in [0.15, 0.2) is 0 Å². The van der Waals surface area contributed by atoms with E-state index in [0.717, 1.165) is 45.3 Å². The fourth-order valence-electron chi connectivity index (χ4n) is 5.43. The zero-order valence-electron chi connectivity index (χ0n) is 24.4. The minimum atomic E-state index is 1.09. The van der Waals surface area contributed by atoms with E-state index in [1.165, 1.54) is 16.7 Å². The fourth-order valence-corrected chi connectivity index (χ4v) is 5.43. The average molecular weight is 555 g/mol. The quantitative estimate of drug-likeness (QED) is 0.175. The number of aryl methyl sites for hydroxylation is 1. The van der Waals surface area contributed by atoms with Gasteiger partial charge in [0, 0.05) is 34.1 Å². The van der Waals surface area contributed by atoms with Crippen molar-refractivity contribution in [2.24, 2.45) is 0 Å². The molecule has 0 fully saturated rings. The molecule has 0 amide bonds. The largest absolute Gasteiger partial charge is 0.310 e. The fraction of sp³-hybridized carbons (Fsp3) is 0.0244. The molecular weight excluding hydrogens is 520 g/mol. The van der Waals surface area contributed by atoms with Crippen molar-refractivity contribution in [1.29, 1.82) is 0 Å². The maximum absolute atomic E-state index is 3.97. The van der Waals surface area contributed by atoms with Crippen molar-refractivity contribution in [3.05, 3.63) is 182 Å². The Hall–Kier alpha value is -5.60. The molecule has 6 rings (SSSR count). The number of rotatable bonds is 9. The van der Waals surface area contributed by atoms with E-state index in [1.54, 1.807) is 0 Å². The lowest BCUT2D eigenvalue weighted by Gasteiger charge is -2.26. The molecule has 43 heavy (non-hydrogen) atoms. The monoisotopic (exact) mass is 554 g/mol. The lowest BCUT2D eigenvalue weighted by Crippen LogP contribution is -2.10. The van der Waals surface area contributed by atoms with Crippen molar-refractivity contribution in [1.82, 2.24) is 0 Å².